The summed E-state index contributed by atoms with van der Waals surface area (Å²) in [5.74, 6) is 0. The molecule has 0 atom stereocenters. The summed E-state index contributed by atoms with van der Waals surface area (Å²) in [4.78, 5) is 33.8. The second-order valence-electron chi connectivity index (χ2n) is 6.56. The van der Waals surface area contributed by atoms with E-state index in [1.165, 1.54) is 11.1 Å². The molecule has 0 aliphatic carbocycles. The van der Waals surface area contributed by atoms with E-state index in [4.69, 9.17) is 24.4 Å². The van der Waals surface area contributed by atoms with Crippen LogP contribution >= 0.6 is 15.9 Å². The van der Waals surface area contributed by atoms with Crippen molar-refractivity contribution in [3.8, 4) is 33.9 Å². The Balaban J connectivity index is 0.00000145. The average molecular weight is 692 g/mol. The minimum absolute atomic E-state index is 0. The van der Waals surface area contributed by atoms with E-state index >= 15 is 0 Å². The fraction of sp³-hybridized carbons (Fsp3) is 0.0741. The maximum atomic E-state index is 8.00. The van der Waals surface area contributed by atoms with Crippen molar-refractivity contribution in [3.63, 3.8) is 0 Å². The summed E-state index contributed by atoms with van der Waals surface area (Å²) in [7, 11) is 0. The van der Waals surface area contributed by atoms with Crippen LogP contribution in [0.15, 0.2) is 83.3 Å². The van der Waals surface area contributed by atoms with Gasteiger partial charge in [0, 0.05) is 36.0 Å². The van der Waals surface area contributed by atoms with Crippen molar-refractivity contribution < 1.29 is 34.8 Å². The molecule has 7 heteroatoms. The molecule has 0 saturated carbocycles. The third-order valence-corrected chi connectivity index (χ3v) is 5.32. The van der Waals surface area contributed by atoms with Gasteiger partial charge in [-0.2, -0.15) is 0 Å². The quantitative estimate of drug-likeness (QED) is 0.252. The Bertz CT molecular complexity index is 1180. The molecule has 0 aliphatic rings. The Morgan fingerprint density at radius 2 is 1.00 bits per heavy atom. The third kappa shape index (κ3) is 7.74. The van der Waals surface area contributed by atoms with Crippen molar-refractivity contribution in [2.45, 2.75) is 13.8 Å². The van der Waals surface area contributed by atoms with Gasteiger partial charge in [-0.1, -0.05) is 54.6 Å². The molecule has 0 spiro atoms. The van der Waals surface area contributed by atoms with Crippen molar-refractivity contribution in [2.24, 2.45) is 0 Å². The predicted octanol–water partition coefficient (Wildman–Crippen LogP) is 6.30. The molecule has 0 saturated heterocycles. The number of pyridine rings is 2. The summed E-state index contributed by atoms with van der Waals surface area (Å²) < 4.78 is 0.939. The molecular weight excluding hydrogens is 666 g/mol. The van der Waals surface area contributed by atoms with Crippen molar-refractivity contribution in [1.29, 1.82) is 0 Å². The molecule has 0 N–H and O–H groups in total. The second kappa shape index (κ2) is 16.5. The molecule has 1 radical (unpaired) electrons. The van der Waals surface area contributed by atoms with Gasteiger partial charge < -0.3 is 14.4 Å². The zero-order valence-electron chi connectivity index (χ0n) is 19.0. The van der Waals surface area contributed by atoms with Crippen LogP contribution in [0, 0.1) is 13.8 Å². The fourth-order valence-corrected chi connectivity index (χ4v) is 3.63. The van der Waals surface area contributed by atoms with Gasteiger partial charge in [0.25, 0.3) is 0 Å². The van der Waals surface area contributed by atoms with Gasteiger partial charge in [0.05, 0.1) is 17.1 Å². The van der Waals surface area contributed by atoms with E-state index in [-0.39, 0.29) is 20.4 Å². The number of halogens is 1. The van der Waals surface area contributed by atoms with Crippen molar-refractivity contribution in [1.82, 2.24) is 9.97 Å². The van der Waals surface area contributed by atoms with Gasteiger partial charge in [0.2, 0.25) is 0 Å². The first kappa shape index (κ1) is 30.9. The first-order valence-electron chi connectivity index (χ1n) is 9.76. The van der Waals surface area contributed by atoms with Gasteiger partial charge in [-0.05, 0) is 65.2 Å². The summed E-state index contributed by atoms with van der Waals surface area (Å²) >= 11 is 3.65. The Morgan fingerprint density at radius 3 is 1.50 bits per heavy atom. The third-order valence-electron chi connectivity index (χ3n) is 4.68. The van der Waals surface area contributed by atoms with E-state index in [0.717, 1.165) is 38.4 Å². The van der Waals surface area contributed by atoms with E-state index in [9.17, 15) is 0 Å². The van der Waals surface area contributed by atoms with Gasteiger partial charge in [0.15, 0.2) is 0 Å². The summed E-state index contributed by atoms with van der Waals surface area (Å²) in [6.45, 7) is 10.2. The van der Waals surface area contributed by atoms with Crippen LogP contribution in [0.4, 0.5) is 0 Å². The van der Waals surface area contributed by atoms with E-state index in [1.54, 1.807) is 0 Å². The van der Waals surface area contributed by atoms with Crippen molar-refractivity contribution in [2.75, 3.05) is 0 Å². The average Bonchev–Trinajstić information content (AvgIpc) is 2.89. The van der Waals surface area contributed by atoms with Gasteiger partial charge in [-0.25, -0.2) is 9.97 Å². The molecule has 5 nitrogen and oxygen atoms in total. The summed E-state index contributed by atoms with van der Waals surface area (Å²) in [5.41, 5.74) is 8.33. The number of carbonyl (C=O) groups excluding carboxylic acids is 3. The topological polar surface area (TPSA) is 77.0 Å². The van der Waals surface area contributed by atoms with Crippen LogP contribution in [-0.2, 0) is 34.8 Å². The van der Waals surface area contributed by atoms with E-state index in [0.29, 0.717) is 0 Å². The van der Waals surface area contributed by atoms with Crippen LogP contribution in [0.2, 0.25) is 0 Å². The number of rotatable bonds is 3. The molecule has 34 heavy (non-hydrogen) atoms. The molecule has 0 bridgehead atoms. The van der Waals surface area contributed by atoms with Crippen molar-refractivity contribution in [3.05, 3.63) is 94.5 Å². The Labute approximate surface area is 222 Å². The molecule has 2 aromatic carbocycles. The smallest absolute Gasteiger partial charge is 0.106 e. The van der Waals surface area contributed by atoms with Crippen molar-refractivity contribution >= 4 is 36.3 Å². The molecular formula is C27H25BrN2O3Re. The number of hydrogen-bond donors (Lipinski definition) is 0. The molecule has 0 unspecified atom stereocenters. The second-order valence-corrected chi connectivity index (χ2v) is 7.42. The largest absolute Gasteiger partial charge is 0.307 e. The molecule has 0 fully saturated rings. The molecule has 0 amide bonds. The van der Waals surface area contributed by atoms with Crippen LogP contribution in [0.25, 0.3) is 33.9 Å². The number of carbonyl (C=O) groups is 3. The zero-order valence-corrected chi connectivity index (χ0v) is 23.3. The van der Waals surface area contributed by atoms with E-state index in [2.05, 4.69) is 54.0 Å². The first-order valence-corrected chi connectivity index (χ1v) is 10.6. The van der Waals surface area contributed by atoms with Gasteiger partial charge >= 0.3 is 0 Å². The normalized spacial score (nSPS) is 8.91. The SMILES string of the molecule is C=O.C=O.C=O.Cc1ccccc1-c1cccc(-c2nc(-c3ccccc3C)ccc2Br)n1.[Re]. The van der Waals surface area contributed by atoms with Crippen LogP contribution in [0.5, 0.6) is 0 Å². The zero-order chi connectivity index (χ0) is 24.8. The monoisotopic (exact) mass is 691 g/mol. The van der Waals surface area contributed by atoms with Crippen LogP contribution in [0.1, 0.15) is 11.1 Å². The Kier molecular flexibility index (Phi) is 15.0. The number of nitrogens with zero attached hydrogens (tertiary/aromatic N) is 2. The molecule has 2 heterocycles. The Morgan fingerprint density at radius 1 is 0.559 bits per heavy atom. The summed E-state index contributed by atoms with van der Waals surface area (Å²) in [6.07, 6.45) is 0. The maximum absolute atomic E-state index is 8.00. The number of aryl methyl sites for hydroxylation is 2. The maximum Gasteiger partial charge on any atom is 0.106 e. The predicted molar refractivity (Wildman–Crippen MR) is 137 cm³/mol. The minimum Gasteiger partial charge on any atom is -0.307 e. The molecule has 4 aromatic rings. The van der Waals surface area contributed by atoms with Crippen LogP contribution in [-0.4, -0.2) is 30.3 Å². The molecule has 4 rings (SSSR count). The fourth-order valence-electron chi connectivity index (χ4n) is 3.21. The number of benzene rings is 2. The standard InChI is InChI=1S/C24H19BrN2.3CH2O.Re/c1-16-8-3-5-10-18(16)21-12-7-13-23(26-21)24-20(25)14-15-22(27-24)19-11-6-4-9-17(19)2;3*1-2;/h3-15H,1-2H3;3*1H2;. The summed E-state index contributed by atoms with van der Waals surface area (Å²) in [5, 5.41) is 0. The van der Waals surface area contributed by atoms with Crippen LogP contribution < -0.4 is 0 Å². The first-order chi connectivity index (χ1) is 16.1. The van der Waals surface area contributed by atoms with Gasteiger partial charge in [-0.15, -0.1) is 0 Å². The summed E-state index contributed by atoms with van der Waals surface area (Å²) in [6, 6.07) is 26.8. The molecule has 175 valence electrons. The van der Waals surface area contributed by atoms with E-state index in [1.807, 2.05) is 75.0 Å². The van der Waals surface area contributed by atoms with Crippen LogP contribution in [0.3, 0.4) is 0 Å². The minimum atomic E-state index is 0. The van der Waals surface area contributed by atoms with E-state index < -0.39 is 0 Å². The molecule has 0 aliphatic heterocycles. The number of hydrogen-bond acceptors (Lipinski definition) is 5. The molecule has 2 aromatic heterocycles. The number of aromatic nitrogens is 2. The van der Waals surface area contributed by atoms with Gasteiger partial charge in [-0.3, -0.25) is 0 Å². The Hall–Kier alpha value is -3.11. The van der Waals surface area contributed by atoms with Gasteiger partial charge in [0.1, 0.15) is 26.1 Å².